The summed E-state index contributed by atoms with van der Waals surface area (Å²) in [5, 5.41) is 10.6. The molecular weight excluding hydrogens is 226 g/mol. The number of aliphatic hydroxyl groups is 1. The summed E-state index contributed by atoms with van der Waals surface area (Å²) >= 11 is 0. The first-order valence-corrected chi connectivity index (χ1v) is 6.88. The zero-order valence-electron chi connectivity index (χ0n) is 10.9. The van der Waals surface area contributed by atoms with Crippen molar-refractivity contribution < 1.29 is 9.84 Å². The molecule has 3 heteroatoms. The lowest BCUT2D eigenvalue weighted by Gasteiger charge is -2.36. The second-order valence-corrected chi connectivity index (χ2v) is 5.36. The highest BCUT2D eigenvalue weighted by atomic mass is 16.5. The Kier molecular flexibility index (Phi) is 3.27. The maximum Gasteiger partial charge on any atom is 0.119 e. The van der Waals surface area contributed by atoms with Gasteiger partial charge in [0.05, 0.1) is 13.2 Å². The predicted molar refractivity (Wildman–Crippen MR) is 70.9 cm³/mol. The highest BCUT2D eigenvalue weighted by Crippen LogP contribution is 2.35. The molecule has 1 saturated heterocycles. The third-order valence-corrected chi connectivity index (χ3v) is 4.35. The number of nitrogens with zero attached hydrogens (tertiary/aromatic N) is 1. The average Bonchev–Trinajstić information content (AvgIpc) is 2.92. The number of ether oxygens (including phenoxy) is 1. The molecule has 3 rings (SSSR count). The summed E-state index contributed by atoms with van der Waals surface area (Å²) < 4.78 is 5.25. The van der Waals surface area contributed by atoms with Crippen LogP contribution in [0.25, 0.3) is 0 Å². The third-order valence-electron chi connectivity index (χ3n) is 4.35. The topological polar surface area (TPSA) is 32.7 Å². The van der Waals surface area contributed by atoms with Gasteiger partial charge >= 0.3 is 0 Å². The number of rotatable bonds is 2. The van der Waals surface area contributed by atoms with Gasteiger partial charge in [0.1, 0.15) is 5.75 Å². The molecule has 0 spiro atoms. The van der Waals surface area contributed by atoms with Gasteiger partial charge < -0.3 is 9.84 Å². The van der Waals surface area contributed by atoms with Gasteiger partial charge in [-0.05, 0) is 62.0 Å². The van der Waals surface area contributed by atoms with Gasteiger partial charge in [-0.3, -0.25) is 4.90 Å². The lowest BCUT2D eigenvalue weighted by atomic mass is 9.85. The van der Waals surface area contributed by atoms with Crippen molar-refractivity contribution in [1.29, 1.82) is 0 Å². The van der Waals surface area contributed by atoms with Crippen LogP contribution in [-0.4, -0.2) is 36.2 Å². The molecule has 1 fully saturated rings. The van der Waals surface area contributed by atoms with Crippen molar-refractivity contribution in [2.75, 3.05) is 20.2 Å². The lowest BCUT2D eigenvalue weighted by Crippen LogP contribution is -2.40. The van der Waals surface area contributed by atoms with Crippen molar-refractivity contribution in [1.82, 2.24) is 4.90 Å². The van der Waals surface area contributed by atoms with Crippen LogP contribution in [0.4, 0.5) is 0 Å². The van der Waals surface area contributed by atoms with Crippen molar-refractivity contribution in [3.8, 4) is 5.75 Å². The second-order valence-electron chi connectivity index (χ2n) is 5.36. The number of hydrogen-bond donors (Lipinski definition) is 1. The molecule has 1 N–H and O–H groups in total. The summed E-state index contributed by atoms with van der Waals surface area (Å²) in [6.45, 7) is 2.29. The van der Waals surface area contributed by atoms with Crippen molar-refractivity contribution in [3.05, 3.63) is 29.3 Å². The van der Waals surface area contributed by atoms with E-state index in [2.05, 4.69) is 11.0 Å². The Hall–Kier alpha value is -1.06. The van der Waals surface area contributed by atoms with Gasteiger partial charge in [0.25, 0.3) is 0 Å². The Bertz CT molecular complexity index is 427. The van der Waals surface area contributed by atoms with Crippen LogP contribution < -0.4 is 4.74 Å². The molecule has 18 heavy (non-hydrogen) atoms. The maximum atomic E-state index is 10.6. The van der Waals surface area contributed by atoms with E-state index >= 15 is 0 Å². The molecule has 1 heterocycles. The van der Waals surface area contributed by atoms with Crippen LogP contribution in [0.1, 0.15) is 36.5 Å². The van der Waals surface area contributed by atoms with Gasteiger partial charge in [-0.15, -0.1) is 0 Å². The van der Waals surface area contributed by atoms with E-state index in [0.717, 1.165) is 37.2 Å². The molecule has 0 radical (unpaired) electrons. The van der Waals surface area contributed by atoms with E-state index in [4.69, 9.17) is 4.74 Å². The molecule has 2 aliphatic rings. The van der Waals surface area contributed by atoms with E-state index in [0.29, 0.717) is 6.04 Å². The first-order chi connectivity index (χ1) is 8.79. The van der Waals surface area contributed by atoms with Crippen LogP contribution in [-0.2, 0) is 6.42 Å². The minimum atomic E-state index is -0.335. The summed E-state index contributed by atoms with van der Waals surface area (Å²) in [6, 6.07) is 6.36. The number of hydrogen-bond acceptors (Lipinski definition) is 3. The second kappa shape index (κ2) is 4.90. The fourth-order valence-corrected chi connectivity index (χ4v) is 3.34. The van der Waals surface area contributed by atoms with Gasteiger partial charge in [0.2, 0.25) is 0 Å². The largest absolute Gasteiger partial charge is 0.497 e. The minimum Gasteiger partial charge on any atom is -0.497 e. The normalized spacial score (nSPS) is 28.1. The van der Waals surface area contributed by atoms with E-state index in [-0.39, 0.29) is 6.10 Å². The molecule has 1 aromatic carbocycles. The molecule has 0 saturated carbocycles. The molecule has 0 bridgehead atoms. The summed E-state index contributed by atoms with van der Waals surface area (Å²) in [6.07, 6.45) is 4.32. The van der Waals surface area contributed by atoms with E-state index in [9.17, 15) is 5.11 Å². The molecular formula is C15H21NO2. The molecule has 1 aliphatic carbocycles. The maximum absolute atomic E-state index is 10.6. The average molecular weight is 247 g/mol. The number of benzene rings is 1. The minimum absolute atomic E-state index is 0.313. The SMILES string of the molecule is COc1ccc2c(c1)CCC(N1CCCC1)C2O. The van der Waals surface area contributed by atoms with Crippen LogP contribution in [0.2, 0.25) is 0 Å². The standard InChI is InChI=1S/C15H21NO2/c1-18-12-5-6-13-11(10-12)4-7-14(15(13)17)16-8-2-3-9-16/h5-6,10,14-15,17H,2-4,7-9H2,1H3. The highest BCUT2D eigenvalue weighted by Gasteiger charge is 2.33. The van der Waals surface area contributed by atoms with Gasteiger partial charge in [-0.25, -0.2) is 0 Å². The molecule has 0 aromatic heterocycles. The number of aliphatic hydroxyl groups excluding tert-OH is 1. The zero-order valence-corrected chi connectivity index (χ0v) is 10.9. The van der Waals surface area contributed by atoms with Gasteiger partial charge in [-0.2, -0.15) is 0 Å². The van der Waals surface area contributed by atoms with E-state index < -0.39 is 0 Å². The molecule has 3 nitrogen and oxygen atoms in total. The molecule has 98 valence electrons. The van der Waals surface area contributed by atoms with E-state index in [1.54, 1.807) is 7.11 Å². The predicted octanol–water partition coefficient (Wildman–Crippen LogP) is 2.14. The smallest absolute Gasteiger partial charge is 0.119 e. The molecule has 1 aliphatic heterocycles. The van der Waals surface area contributed by atoms with Crippen LogP contribution in [0, 0.1) is 0 Å². The quantitative estimate of drug-likeness (QED) is 0.869. The Morgan fingerprint density at radius 2 is 2.06 bits per heavy atom. The van der Waals surface area contributed by atoms with E-state index in [1.165, 1.54) is 18.4 Å². The van der Waals surface area contributed by atoms with Gasteiger partial charge in [-0.1, -0.05) is 6.07 Å². The van der Waals surface area contributed by atoms with Crippen LogP contribution in [0.15, 0.2) is 18.2 Å². The number of methoxy groups -OCH3 is 1. The Balaban J connectivity index is 1.84. The van der Waals surface area contributed by atoms with Crippen molar-refractivity contribution in [2.24, 2.45) is 0 Å². The first-order valence-electron chi connectivity index (χ1n) is 6.88. The summed E-state index contributed by atoms with van der Waals surface area (Å²) in [5.74, 6) is 0.889. The Morgan fingerprint density at radius 3 is 2.78 bits per heavy atom. The Labute approximate surface area is 108 Å². The van der Waals surface area contributed by atoms with Crippen LogP contribution >= 0.6 is 0 Å². The summed E-state index contributed by atoms with van der Waals surface area (Å²) in [5.41, 5.74) is 2.34. The fraction of sp³-hybridized carbons (Fsp3) is 0.600. The number of fused-ring (bicyclic) bond motifs is 1. The van der Waals surface area contributed by atoms with Crippen molar-refractivity contribution in [3.63, 3.8) is 0 Å². The molecule has 1 aromatic rings. The van der Waals surface area contributed by atoms with Crippen LogP contribution in [0.5, 0.6) is 5.75 Å². The molecule has 2 unspecified atom stereocenters. The van der Waals surface area contributed by atoms with Gasteiger partial charge in [0, 0.05) is 6.04 Å². The van der Waals surface area contributed by atoms with Crippen molar-refractivity contribution in [2.45, 2.75) is 37.8 Å². The third kappa shape index (κ3) is 2.02. The summed E-state index contributed by atoms with van der Waals surface area (Å²) in [7, 11) is 1.69. The van der Waals surface area contributed by atoms with Gasteiger partial charge in [0.15, 0.2) is 0 Å². The first kappa shape index (κ1) is 12.0. The highest BCUT2D eigenvalue weighted by molar-refractivity contribution is 5.39. The summed E-state index contributed by atoms with van der Waals surface area (Å²) in [4.78, 5) is 2.46. The van der Waals surface area contributed by atoms with Crippen LogP contribution in [0.3, 0.4) is 0 Å². The number of likely N-dealkylation sites (tertiary alicyclic amines) is 1. The van der Waals surface area contributed by atoms with E-state index in [1.807, 2.05) is 12.1 Å². The zero-order chi connectivity index (χ0) is 12.5. The fourth-order valence-electron chi connectivity index (χ4n) is 3.34. The van der Waals surface area contributed by atoms with Crippen molar-refractivity contribution >= 4 is 0 Å². The molecule has 0 amide bonds. The monoisotopic (exact) mass is 247 g/mol. The number of aryl methyl sites for hydroxylation is 1. The Morgan fingerprint density at radius 1 is 1.28 bits per heavy atom. The molecule has 2 atom stereocenters. The lowest BCUT2D eigenvalue weighted by molar-refractivity contribution is 0.0488.